The van der Waals surface area contributed by atoms with Gasteiger partial charge in [0.05, 0.1) is 5.69 Å². The second-order valence-corrected chi connectivity index (χ2v) is 6.23. The van der Waals surface area contributed by atoms with Crippen molar-refractivity contribution in [2.45, 2.75) is 38.6 Å². The highest BCUT2D eigenvalue weighted by atomic mass is 35.5. The number of aromatic nitrogens is 2. The first-order valence-corrected chi connectivity index (χ1v) is 7.21. The fourth-order valence-electron chi connectivity index (χ4n) is 2.46. The average Bonchev–Trinajstić information content (AvgIpc) is 2.66. The molecule has 3 nitrogen and oxygen atoms in total. The summed E-state index contributed by atoms with van der Waals surface area (Å²) in [7, 11) is 1.85. The highest BCUT2D eigenvalue weighted by molar-refractivity contribution is 6.30. The fourth-order valence-corrected chi connectivity index (χ4v) is 2.71. The summed E-state index contributed by atoms with van der Waals surface area (Å²) in [5, 5.41) is 5.03. The number of nitrogens with zero attached hydrogens (tertiary/aromatic N) is 2. The van der Waals surface area contributed by atoms with Gasteiger partial charge < -0.3 is 5.73 Å². The number of aryl methyl sites for hydroxylation is 2. The fraction of sp³-hybridized carbons (Fsp3) is 0.438. The van der Waals surface area contributed by atoms with Gasteiger partial charge in [-0.2, -0.15) is 5.10 Å². The Balaban J connectivity index is 2.25. The summed E-state index contributed by atoms with van der Waals surface area (Å²) in [5.41, 5.74) is 9.59. The highest BCUT2D eigenvalue weighted by Gasteiger charge is 2.30. The first-order chi connectivity index (χ1) is 9.34. The molecule has 1 aromatic carbocycles. The second kappa shape index (κ2) is 5.58. The van der Waals surface area contributed by atoms with Crippen LogP contribution in [0.5, 0.6) is 0 Å². The third-order valence-electron chi connectivity index (χ3n) is 4.14. The van der Waals surface area contributed by atoms with Gasteiger partial charge in [-0.15, -0.1) is 0 Å². The molecular weight excluding hydrogens is 270 g/mol. The van der Waals surface area contributed by atoms with Crippen LogP contribution in [0.4, 0.5) is 0 Å². The largest absolute Gasteiger partial charge is 0.327 e. The number of benzene rings is 1. The predicted octanol–water partition coefficient (Wildman–Crippen LogP) is 3.23. The van der Waals surface area contributed by atoms with Gasteiger partial charge in [-0.25, -0.2) is 0 Å². The van der Waals surface area contributed by atoms with Gasteiger partial charge in [0.15, 0.2) is 0 Å². The van der Waals surface area contributed by atoms with Crippen LogP contribution in [-0.4, -0.2) is 15.8 Å². The maximum atomic E-state index is 6.47. The van der Waals surface area contributed by atoms with Crippen LogP contribution in [0.15, 0.2) is 30.3 Å². The molecule has 0 saturated heterocycles. The number of halogens is 1. The minimum absolute atomic E-state index is 0.0229. The normalized spacial score (nSPS) is 13.5. The van der Waals surface area contributed by atoms with Crippen molar-refractivity contribution in [3.05, 3.63) is 52.3 Å². The molecule has 20 heavy (non-hydrogen) atoms. The van der Waals surface area contributed by atoms with Crippen LogP contribution < -0.4 is 5.73 Å². The van der Waals surface area contributed by atoms with Gasteiger partial charge in [0, 0.05) is 24.1 Å². The molecule has 0 aliphatic rings. The lowest BCUT2D eigenvalue weighted by molar-refractivity contribution is 0.406. The zero-order valence-electron chi connectivity index (χ0n) is 12.5. The highest BCUT2D eigenvalue weighted by Crippen LogP contribution is 2.30. The quantitative estimate of drug-likeness (QED) is 0.940. The molecule has 2 rings (SSSR count). The first-order valence-electron chi connectivity index (χ1n) is 6.83. The molecule has 0 spiro atoms. The Morgan fingerprint density at radius 3 is 2.40 bits per heavy atom. The number of hydrogen-bond acceptors (Lipinski definition) is 2. The first kappa shape index (κ1) is 15.1. The molecule has 4 heteroatoms. The maximum absolute atomic E-state index is 6.47. The molecule has 2 aromatic rings. The molecule has 0 radical (unpaired) electrons. The molecule has 0 fully saturated rings. The van der Waals surface area contributed by atoms with Crippen molar-refractivity contribution < 1.29 is 0 Å². The predicted molar refractivity (Wildman–Crippen MR) is 84.1 cm³/mol. The minimum Gasteiger partial charge on any atom is -0.327 e. The van der Waals surface area contributed by atoms with Crippen LogP contribution in [0.2, 0.25) is 5.15 Å². The smallest absolute Gasteiger partial charge is 0.130 e. The Kier molecular flexibility index (Phi) is 4.21. The molecule has 0 bridgehead atoms. The van der Waals surface area contributed by atoms with Crippen molar-refractivity contribution in [1.29, 1.82) is 0 Å². The van der Waals surface area contributed by atoms with Crippen molar-refractivity contribution in [2.24, 2.45) is 12.8 Å². The monoisotopic (exact) mass is 291 g/mol. The molecule has 108 valence electrons. The number of rotatable bonds is 4. The van der Waals surface area contributed by atoms with Crippen molar-refractivity contribution in [3.63, 3.8) is 0 Å². The summed E-state index contributed by atoms with van der Waals surface area (Å²) in [6.45, 7) is 6.32. The van der Waals surface area contributed by atoms with Gasteiger partial charge in [0.1, 0.15) is 5.15 Å². The van der Waals surface area contributed by atoms with Gasteiger partial charge in [0.25, 0.3) is 0 Å². The molecule has 0 saturated carbocycles. The standard InChI is InChI=1S/C16H22ClN3/c1-11-13(15(17)20(4)19-11)10-14(18)16(2,3)12-8-6-5-7-9-12/h5-9,14H,10,18H2,1-4H3. The van der Waals surface area contributed by atoms with Gasteiger partial charge in [-0.05, 0) is 18.9 Å². The van der Waals surface area contributed by atoms with Crippen LogP contribution in [0.25, 0.3) is 0 Å². The molecule has 1 aromatic heterocycles. The molecule has 0 amide bonds. The molecular formula is C16H22ClN3. The average molecular weight is 292 g/mol. The topological polar surface area (TPSA) is 43.8 Å². The van der Waals surface area contributed by atoms with E-state index in [1.54, 1.807) is 4.68 Å². The van der Waals surface area contributed by atoms with E-state index in [9.17, 15) is 0 Å². The molecule has 1 heterocycles. The van der Waals surface area contributed by atoms with E-state index >= 15 is 0 Å². The Labute approximate surface area is 125 Å². The summed E-state index contributed by atoms with van der Waals surface area (Å²) in [4.78, 5) is 0. The van der Waals surface area contributed by atoms with Gasteiger partial charge in [-0.1, -0.05) is 55.8 Å². The zero-order valence-corrected chi connectivity index (χ0v) is 13.3. The number of nitrogens with two attached hydrogens (primary N) is 1. The Morgan fingerprint density at radius 1 is 1.30 bits per heavy atom. The van der Waals surface area contributed by atoms with E-state index in [2.05, 4.69) is 31.1 Å². The van der Waals surface area contributed by atoms with E-state index in [0.29, 0.717) is 5.15 Å². The lowest BCUT2D eigenvalue weighted by Crippen LogP contribution is -2.42. The van der Waals surface area contributed by atoms with Crippen LogP contribution in [-0.2, 0) is 18.9 Å². The Morgan fingerprint density at radius 2 is 1.90 bits per heavy atom. The summed E-state index contributed by atoms with van der Waals surface area (Å²) in [6, 6.07) is 10.3. The van der Waals surface area contributed by atoms with Crippen molar-refractivity contribution >= 4 is 11.6 Å². The molecule has 0 aliphatic carbocycles. The van der Waals surface area contributed by atoms with Crippen LogP contribution in [0, 0.1) is 6.92 Å². The third kappa shape index (κ3) is 2.74. The van der Waals surface area contributed by atoms with Crippen LogP contribution in [0.1, 0.15) is 30.7 Å². The van der Waals surface area contributed by atoms with Crippen LogP contribution >= 0.6 is 11.6 Å². The van der Waals surface area contributed by atoms with Crippen LogP contribution in [0.3, 0.4) is 0 Å². The van der Waals surface area contributed by atoms with E-state index in [0.717, 1.165) is 17.7 Å². The summed E-state index contributed by atoms with van der Waals surface area (Å²) in [6.07, 6.45) is 0.723. The zero-order chi connectivity index (χ0) is 14.9. The van der Waals surface area contributed by atoms with Crippen molar-refractivity contribution in [2.75, 3.05) is 0 Å². The van der Waals surface area contributed by atoms with Gasteiger partial charge >= 0.3 is 0 Å². The van der Waals surface area contributed by atoms with Crippen molar-refractivity contribution in [1.82, 2.24) is 9.78 Å². The minimum atomic E-state index is -0.118. The summed E-state index contributed by atoms with van der Waals surface area (Å²) < 4.78 is 1.70. The maximum Gasteiger partial charge on any atom is 0.130 e. The molecule has 1 unspecified atom stereocenters. The molecule has 1 atom stereocenters. The van der Waals surface area contributed by atoms with Gasteiger partial charge in [-0.3, -0.25) is 4.68 Å². The van der Waals surface area contributed by atoms with E-state index < -0.39 is 0 Å². The van der Waals surface area contributed by atoms with E-state index in [-0.39, 0.29) is 11.5 Å². The number of hydrogen-bond donors (Lipinski definition) is 1. The van der Waals surface area contributed by atoms with E-state index in [1.807, 2.05) is 32.2 Å². The van der Waals surface area contributed by atoms with Gasteiger partial charge in [0.2, 0.25) is 0 Å². The van der Waals surface area contributed by atoms with Crippen molar-refractivity contribution in [3.8, 4) is 0 Å². The lowest BCUT2D eigenvalue weighted by atomic mass is 9.76. The SMILES string of the molecule is Cc1nn(C)c(Cl)c1CC(N)C(C)(C)c1ccccc1. The second-order valence-electron chi connectivity index (χ2n) is 5.88. The molecule has 0 aliphatic heterocycles. The van der Waals surface area contributed by atoms with E-state index in [4.69, 9.17) is 17.3 Å². The Bertz CT molecular complexity index is 587. The molecule has 2 N–H and O–H groups in total. The lowest BCUT2D eigenvalue weighted by Gasteiger charge is -2.32. The summed E-state index contributed by atoms with van der Waals surface area (Å²) >= 11 is 6.30. The summed E-state index contributed by atoms with van der Waals surface area (Å²) in [5.74, 6) is 0. The third-order valence-corrected chi connectivity index (χ3v) is 4.61. The van der Waals surface area contributed by atoms with E-state index in [1.165, 1.54) is 5.56 Å². The Hall–Kier alpha value is -1.32.